The first kappa shape index (κ1) is 15.9. The number of carbonyl (C=O) groups is 3. The molecule has 0 bridgehead atoms. The minimum atomic E-state index is -0.884. The van der Waals surface area contributed by atoms with Crippen LogP contribution in [0.2, 0.25) is 0 Å². The van der Waals surface area contributed by atoms with Gasteiger partial charge in [0, 0.05) is 18.1 Å². The third-order valence-electron chi connectivity index (χ3n) is 3.95. The van der Waals surface area contributed by atoms with Crippen LogP contribution in [0, 0.1) is 5.92 Å². The molecule has 1 aliphatic heterocycles. The molecule has 0 spiro atoms. The number of nitrogens with one attached hydrogen (secondary N) is 1. The van der Waals surface area contributed by atoms with Crippen LogP contribution >= 0.6 is 0 Å². The first-order chi connectivity index (χ1) is 11.5. The molecule has 0 saturated heterocycles. The topological polar surface area (TPSA) is 79.4 Å². The van der Waals surface area contributed by atoms with Crippen molar-refractivity contribution in [2.24, 2.45) is 5.92 Å². The van der Waals surface area contributed by atoms with Crippen molar-refractivity contribution in [3.63, 3.8) is 0 Å². The van der Waals surface area contributed by atoms with Gasteiger partial charge in [0.15, 0.2) is 0 Å². The van der Waals surface area contributed by atoms with Gasteiger partial charge in [-0.2, -0.15) is 0 Å². The van der Waals surface area contributed by atoms with Crippen molar-refractivity contribution >= 4 is 23.4 Å². The van der Waals surface area contributed by atoms with Gasteiger partial charge in [0.05, 0.1) is 11.1 Å². The van der Waals surface area contributed by atoms with E-state index in [9.17, 15) is 14.4 Å². The van der Waals surface area contributed by atoms with Gasteiger partial charge < -0.3 is 5.32 Å². The van der Waals surface area contributed by atoms with E-state index in [1.165, 1.54) is 0 Å². The molecule has 2 heterocycles. The van der Waals surface area contributed by atoms with Crippen LogP contribution in [0.5, 0.6) is 0 Å². The molecule has 1 N–H and O–H groups in total. The van der Waals surface area contributed by atoms with Crippen LogP contribution in [0.15, 0.2) is 48.8 Å². The largest absolute Gasteiger partial charge is 0.324 e. The van der Waals surface area contributed by atoms with Crippen molar-refractivity contribution < 1.29 is 14.4 Å². The van der Waals surface area contributed by atoms with Gasteiger partial charge in [-0.1, -0.05) is 26.0 Å². The second-order valence-corrected chi connectivity index (χ2v) is 5.94. The van der Waals surface area contributed by atoms with Crippen LogP contribution in [0.1, 0.15) is 34.6 Å². The highest BCUT2D eigenvalue weighted by atomic mass is 16.2. The van der Waals surface area contributed by atoms with Crippen LogP contribution < -0.4 is 5.32 Å². The highest BCUT2D eigenvalue weighted by Gasteiger charge is 2.43. The monoisotopic (exact) mass is 323 g/mol. The van der Waals surface area contributed by atoms with Crippen molar-refractivity contribution in [3.05, 3.63) is 59.9 Å². The van der Waals surface area contributed by atoms with E-state index in [4.69, 9.17) is 0 Å². The average molecular weight is 323 g/mol. The van der Waals surface area contributed by atoms with E-state index < -0.39 is 23.8 Å². The molecule has 122 valence electrons. The Kier molecular flexibility index (Phi) is 4.12. The fraction of sp³-hybridized carbons (Fsp3) is 0.222. The normalized spacial score (nSPS) is 14.7. The molecule has 0 unspecified atom stereocenters. The fourth-order valence-corrected chi connectivity index (χ4v) is 2.83. The lowest BCUT2D eigenvalue weighted by molar-refractivity contribution is -0.121. The molecule has 24 heavy (non-hydrogen) atoms. The summed E-state index contributed by atoms with van der Waals surface area (Å²) in [5.74, 6) is -1.49. The zero-order valence-corrected chi connectivity index (χ0v) is 13.4. The first-order valence-corrected chi connectivity index (χ1v) is 7.68. The van der Waals surface area contributed by atoms with E-state index in [1.807, 2.05) is 0 Å². The zero-order chi connectivity index (χ0) is 17.3. The Hall–Kier alpha value is -3.02. The molecule has 0 aliphatic carbocycles. The molecule has 1 atom stereocenters. The van der Waals surface area contributed by atoms with Gasteiger partial charge in [0.1, 0.15) is 6.04 Å². The lowest BCUT2D eigenvalue weighted by Crippen LogP contribution is -2.50. The Morgan fingerprint density at radius 2 is 1.54 bits per heavy atom. The van der Waals surface area contributed by atoms with Crippen molar-refractivity contribution in [2.75, 3.05) is 5.32 Å². The lowest BCUT2D eigenvalue weighted by atomic mass is 10.0. The number of hydrogen-bond acceptors (Lipinski definition) is 4. The summed E-state index contributed by atoms with van der Waals surface area (Å²) in [6, 6.07) is 9.03. The number of carbonyl (C=O) groups excluding carboxylic acids is 3. The molecule has 6 heteroatoms. The van der Waals surface area contributed by atoms with E-state index in [1.54, 1.807) is 62.6 Å². The molecule has 2 aromatic rings. The summed E-state index contributed by atoms with van der Waals surface area (Å²) >= 11 is 0. The van der Waals surface area contributed by atoms with Crippen molar-refractivity contribution in [1.29, 1.82) is 0 Å². The number of hydrogen-bond donors (Lipinski definition) is 1. The van der Waals surface area contributed by atoms with Crippen LogP contribution in [-0.2, 0) is 4.79 Å². The number of pyridine rings is 1. The Bertz CT molecular complexity index is 767. The summed E-state index contributed by atoms with van der Waals surface area (Å²) in [6.07, 6.45) is 3.12. The third-order valence-corrected chi connectivity index (χ3v) is 3.95. The van der Waals surface area contributed by atoms with Crippen molar-refractivity contribution in [1.82, 2.24) is 9.88 Å². The number of anilines is 1. The van der Waals surface area contributed by atoms with Gasteiger partial charge in [-0.05, 0) is 30.2 Å². The molecule has 1 aromatic heterocycles. The Balaban J connectivity index is 1.91. The van der Waals surface area contributed by atoms with Gasteiger partial charge in [-0.15, -0.1) is 0 Å². The summed E-state index contributed by atoms with van der Waals surface area (Å²) in [4.78, 5) is 42.9. The Morgan fingerprint density at radius 1 is 1.00 bits per heavy atom. The van der Waals surface area contributed by atoms with Crippen LogP contribution in [-0.4, -0.2) is 33.6 Å². The van der Waals surface area contributed by atoms with E-state index in [0.717, 1.165) is 4.90 Å². The fourth-order valence-electron chi connectivity index (χ4n) is 2.83. The number of benzene rings is 1. The molecule has 3 amide bonds. The summed E-state index contributed by atoms with van der Waals surface area (Å²) < 4.78 is 0. The number of amides is 3. The van der Waals surface area contributed by atoms with Crippen LogP contribution in [0.25, 0.3) is 0 Å². The maximum Gasteiger partial charge on any atom is 0.262 e. The van der Waals surface area contributed by atoms with E-state index >= 15 is 0 Å². The molecule has 0 radical (unpaired) electrons. The molecular formula is C18H17N3O3. The second-order valence-electron chi connectivity index (χ2n) is 5.94. The van der Waals surface area contributed by atoms with Gasteiger partial charge in [-0.3, -0.25) is 24.3 Å². The van der Waals surface area contributed by atoms with Gasteiger partial charge in [0.25, 0.3) is 11.8 Å². The number of imide groups is 1. The first-order valence-electron chi connectivity index (χ1n) is 7.68. The summed E-state index contributed by atoms with van der Waals surface area (Å²) in [5, 5.41) is 2.74. The van der Waals surface area contributed by atoms with Crippen LogP contribution in [0.3, 0.4) is 0 Å². The lowest BCUT2D eigenvalue weighted by Gasteiger charge is -2.28. The smallest absolute Gasteiger partial charge is 0.262 e. The second kappa shape index (κ2) is 6.23. The third kappa shape index (κ3) is 2.67. The zero-order valence-electron chi connectivity index (χ0n) is 13.4. The van der Waals surface area contributed by atoms with Gasteiger partial charge in [0.2, 0.25) is 5.91 Å². The maximum absolute atomic E-state index is 12.7. The SMILES string of the molecule is CC(C)[C@@H](C(=O)Nc1ccncc1)N1C(=O)c2ccccc2C1=O. The van der Waals surface area contributed by atoms with Crippen molar-refractivity contribution in [2.45, 2.75) is 19.9 Å². The van der Waals surface area contributed by atoms with Gasteiger partial charge in [-0.25, -0.2) is 0 Å². The quantitative estimate of drug-likeness (QED) is 0.876. The summed E-state index contributed by atoms with van der Waals surface area (Å²) in [5.41, 5.74) is 1.24. The molecule has 0 saturated carbocycles. The summed E-state index contributed by atoms with van der Waals surface area (Å²) in [6.45, 7) is 3.61. The highest BCUT2D eigenvalue weighted by molar-refractivity contribution is 6.23. The van der Waals surface area contributed by atoms with Gasteiger partial charge >= 0.3 is 0 Å². The summed E-state index contributed by atoms with van der Waals surface area (Å²) in [7, 11) is 0. The minimum Gasteiger partial charge on any atom is -0.324 e. The highest BCUT2D eigenvalue weighted by Crippen LogP contribution is 2.27. The Morgan fingerprint density at radius 3 is 2.04 bits per heavy atom. The minimum absolute atomic E-state index is 0.228. The molecule has 1 aliphatic rings. The molecule has 1 aromatic carbocycles. The molecule has 3 rings (SSSR count). The maximum atomic E-state index is 12.7. The number of rotatable bonds is 4. The number of nitrogens with zero attached hydrogens (tertiary/aromatic N) is 2. The van der Waals surface area contributed by atoms with Crippen molar-refractivity contribution in [3.8, 4) is 0 Å². The van der Waals surface area contributed by atoms with E-state index in [0.29, 0.717) is 16.8 Å². The van der Waals surface area contributed by atoms with E-state index in [2.05, 4.69) is 10.3 Å². The van der Waals surface area contributed by atoms with Crippen LogP contribution in [0.4, 0.5) is 5.69 Å². The molecule has 6 nitrogen and oxygen atoms in total. The predicted molar refractivity (Wildman–Crippen MR) is 88.4 cm³/mol. The number of aromatic nitrogens is 1. The number of fused-ring (bicyclic) bond motifs is 1. The molecular weight excluding hydrogens is 306 g/mol. The predicted octanol–water partition coefficient (Wildman–Crippen LogP) is 2.34. The standard InChI is InChI=1S/C18H17N3O3/c1-11(2)15(16(22)20-12-7-9-19-10-8-12)21-17(23)13-5-3-4-6-14(13)18(21)24/h3-11,15H,1-2H3,(H,19,20,22)/t15-/m0/s1. The van der Waals surface area contributed by atoms with E-state index in [-0.39, 0.29) is 5.92 Å². The average Bonchev–Trinajstić information content (AvgIpc) is 2.81. The Labute approximate surface area is 139 Å². The molecule has 0 fully saturated rings.